The van der Waals surface area contributed by atoms with Crippen LogP contribution in [0.25, 0.3) is 0 Å². The second-order valence-electron chi connectivity index (χ2n) is 5.83. The zero-order chi connectivity index (χ0) is 12.4. The van der Waals surface area contributed by atoms with Crippen LogP contribution in [-0.4, -0.2) is 6.04 Å². The van der Waals surface area contributed by atoms with Crippen LogP contribution in [0.4, 0.5) is 0 Å². The van der Waals surface area contributed by atoms with Crippen molar-refractivity contribution < 1.29 is 0 Å². The van der Waals surface area contributed by atoms with Crippen molar-refractivity contribution in [1.82, 2.24) is 5.32 Å². The first kappa shape index (κ1) is 12.6. The molecule has 1 heteroatoms. The average Bonchev–Trinajstić information content (AvgIpc) is 2.59. The molecule has 0 aromatic heterocycles. The number of rotatable bonds is 3. The van der Waals surface area contributed by atoms with Gasteiger partial charge in [0.1, 0.15) is 0 Å². The largest absolute Gasteiger partial charge is 0.310 e. The fourth-order valence-corrected chi connectivity index (χ4v) is 2.94. The van der Waals surface area contributed by atoms with Crippen LogP contribution in [0.3, 0.4) is 0 Å². The molecule has 1 aliphatic rings. The summed E-state index contributed by atoms with van der Waals surface area (Å²) in [5.74, 6) is 1.70. The number of hydrogen-bond acceptors (Lipinski definition) is 1. The molecule has 0 saturated heterocycles. The molecular weight excluding hydrogens is 206 g/mol. The van der Waals surface area contributed by atoms with Gasteiger partial charge in [0.15, 0.2) is 0 Å². The molecule has 1 nitrogen and oxygen atoms in total. The van der Waals surface area contributed by atoms with Crippen molar-refractivity contribution in [3.8, 4) is 0 Å². The van der Waals surface area contributed by atoms with Crippen molar-refractivity contribution >= 4 is 0 Å². The van der Waals surface area contributed by atoms with Crippen LogP contribution in [0.15, 0.2) is 18.2 Å². The van der Waals surface area contributed by atoms with Gasteiger partial charge in [-0.3, -0.25) is 0 Å². The minimum atomic E-state index is 0.714. The Hall–Kier alpha value is -0.820. The van der Waals surface area contributed by atoms with Crippen LogP contribution in [0.1, 0.15) is 43.4 Å². The van der Waals surface area contributed by atoms with E-state index in [1.165, 1.54) is 29.5 Å². The minimum Gasteiger partial charge on any atom is -0.310 e. The molecule has 1 saturated carbocycles. The SMILES string of the molecule is Cc1ccc(CNC2CCC(C)C2C)c(C)c1. The molecule has 0 radical (unpaired) electrons. The molecule has 1 aliphatic carbocycles. The molecule has 17 heavy (non-hydrogen) atoms. The fraction of sp³-hybridized carbons (Fsp3) is 0.625. The van der Waals surface area contributed by atoms with Gasteiger partial charge in [-0.25, -0.2) is 0 Å². The zero-order valence-corrected chi connectivity index (χ0v) is 11.6. The number of hydrogen-bond donors (Lipinski definition) is 1. The third-order valence-electron chi connectivity index (χ3n) is 4.52. The average molecular weight is 231 g/mol. The Labute approximate surface area is 106 Å². The summed E-state index contributed by atoms with van der Waals surface area (Å²) in [4.78, 5) is 0. The molecular formula is C16H25N. The summed E-state index contributed by atoms with van der Waals surface area (Å²) in [5, 5.41) is 3.74. The van der Waals surface area contributed by atoms with Crippen LogP contribution in [0, 0.1) is 25.7 Å². The standard InChI is InChI=1S/C16H25N/c1-11-5-7-15(13(3)9-11)10-17-16-8-6-12(2)14(16)4/h5,7,9,12,14,16-17H,6,8,10H2,1-4H3. The molecule has 1 aromatic carbocycles. The fourth-order valence-electron chi connectivity index (χ4n) is 2.94. The van der Waals surface area contributed by atoms with Gasteiger partial charge in [0.25, 0.3) is 0 Å². The van der Waals surface area contributed by atoms with E-state index in [4.69, 9.17) is 0 Å². The van der Waals surface area contributed by atoms with E-state index < -0.39 is 0 Å². The van der Waals surface area contributed by atoms with Crippen molar-refractivity contribution in [2.75, 3.05) is 0 Å². The third kappa shape index (κ3) is 2.90. The van der Waals surface area contributed by atoms with Crippen molar-refractivity contribution in [2.24, 2.45) is 11.8 Å². The molecule has 0 heterocycles. The van der Waals surface area contributed by atoms with Gasteiger partial charge in [-0.15, -0.1) is 0 Å². The van der Waals surface area contributed by atoms with E-state index in [2.05, 4.69) is 51.2 Å². The second-order valence-corrected chi connectivity index (χ2v) is 5.83. The maximum Gasteiger partial charge on any atom is 0.0210 e. The molecule has 0 aliphatic heterocycles. The van der Waals surface area contributed by atoms with Gasteiger partial charge in [-0.05, 0) is 49.7 Å². The third-order valence-corrected chi connectivity index (χ3v) is 4.52. The van der Waals surface area contributed by atoms with E-state index in [0.717, 1.165) is 18.4 Å². The quantitative estimate of drug-likeness (QED) is 0.833. The minimum absolute atomic E-state index is 0.714. The van der Waals surface area contributed by atoms with E-state index in [1.54, 1.807) is 0 Å². The summed E-state index contributed by atoms with van der Waals surface area (Å²) in [6.07, 6.45) is 2.72. The Balaban J connectivity index is 1.94. The van der Waals surface area contributed by atoms with E-state index in [0.29, 0.717) is 6.04 Å². The molecule has 0 bridgehead atoms. The molecule has 3 atom stereocenters. The lowest BCUT2D eigenvalue weighted by Crippen LogP contribution is -2.32. The monoisotopic (exact) mass is 231 g/mol. The molecule has 2 rings (SSSR count). The van der Waals surface area contributed by atoms with E-state index in [-0.39, 0.29) is 0 Å². The predicted molar refractivity (Wildman–Crippen MR) is 74.1 cm³/mol. The Morgan fingerprint density at radius 3 is 2.53 bits per heavy atom. The second kappa shape index (κ2) is 5.22. The molecule has 1 aromatic rings. The lowest BCUT2D eigenvalue weighted by atomic mass is 9.97. The Morgan fingerprint density at radius 2 is 1.94 bits per heavy atom. The normalized spacial score (nSPS) is 28.6. The summed E-state index contributed by atoms with van der Waals surface area (Å²) in [6.45, 7) is 10.2. The van der Waals surface area contributed by atoms with Crippen LogP contribution >= 0.6 is 0 Å². The molecule has 1 fully saturated rings. The molecule has 0 spiro atoms. The van der Waals surface area contributed by atoms with Crippen molar-refractivity contribution in [3.05, 3.63) is 34.9 Å². The molecule has 94 valence electrons. The molecule has 0 amide bonds. The first-order valence-corrected chi connectivity index (χ1v) is 6.87. The Morgan fingerprint density at radius 1 is 1.18 bits per heavy atom. The van der Waals surface area contributed by atoms with E-state index in [9.17, 15) is 0 Å². The van der Waals surface area contributed by atoms with Gasteiger partial charge in [-0.2, -0.15) is 0 Å². The number of aryl methyl sites for hydroxylation is 2. The smallest absolute Gasteiger partial charge is 0.0210 e. The van der Waals surface area contributed by atoms with Gasteiger partial charge >= 0.3 is 0 Å². The summed E-state index contributed by atoms with van der Waals surface area (Å²) in [7, 11) is 0. The van der Waals surface area contributed by atoms with Gasteiger partial charge in [0.05, 0.1) is 0 Å². The highest BCUT2D eigenvalue weighted by Crippen LogP contribution is 2.31. The summed E-state index contributed by atoms with van der Waals surface area (Å²) >= 11 is 0. The number of nitrogens with one attached hydrogen (secondary N) is 1. The summed E-state index contributed by atoms with van der Waals surface area (Å²) in [6, 6.07) is 7.47. The van der Waals surface area contributed by atoms with Crippen LogP contribution in [0.5, 0.6) is 0 Å². The van der Waals surface area contributed by atoms with Gasteiger partial charge in [0, 0.05) is 12.6 Å². The van der Waals surface area contributed by atoms with Crippen molar-refractivity contribution in [2.45, 2.75) is 53.1 Å². The number of benzene rings is 1. The Kier molecular flexibility index (Phi) is 3.88. The highest BCUT2D eigenvalue weighted by molar-refractivity contribution is 5.30. The van der Waals surface area contributed by atoms with Crippen LogP contribution in [0.2, 0.25) is 0 Å². The lowest BCUT2D eigenvalue weighted by Gasteiger charge is -2.20. The highest BCUT2D eigenvalue weighted by Gasteiger charge is 2.28. The van der Waals surface area contributed by atoms with Crippen LogP contribution in [-0.2, 0) is 6.54 Å². The molecule has 3 unspecified atom stereocenters. The van der Waals surface area contributed by atoms with Gasteiger partial charge < -0.3 is 5.32 Å². The maximum atomic E-state index is 3.74. The van der Waals surface area contributed by atoms with E-state index >= 15 is 0 Å². The summed E-state index contributed by atoms with van der Waals surface area (Å²) in [5.41, 5.74) is 4.22. The van der Waals surface area contributed by atoms with E-state index in [1.807, 2.05) is 0 Å². The van der Waals surface area contributed by atoms with Crippen molar-refractivity contribution in [3.63, 3.8) is 0 Å². The zero-order valence-electron chi connectivity index (χ0n) is 11.6. The van der Waals surface area contributed by atoms with Gasteiger partial charge in [0.2, 0.25) is 0 Å². The predicted octanol–water partition coefficient (Wildman–Crippen LogP) is 3.83. The van der Waals surface area contributed by atoms with Crippen LogP contribution < -0.4 is 5.32 Å². The first-order valence-electron chi connectivity index (χ1n) is 6.87. The Bertz CT molecular complexity index is 383. The first-order chi connectivity index (χ1) is 8.08. The topological polar surface area (TPSA) is 12.0 Å². The summed E-state index contributed by atoms with van der Waals surface area (Å²) < 4.78 is 0. The lowest BCUT2D eigenvalue weighted by molar-refractivity contribution is 0.369. The van der Waals surface area contributed by atoms with Gasteiger partial charge in [-0.1, -0.05) is 37.6 Å². The highest BCUT2D eigenvalue weighted by atomic mass is 14.9. The maximum absolute atomic E-state index is 3.74. The van der Waals surface area contributed by atoms with Crippen molar-refractivity contribution in [1.29, 1.82) is 0 Å². The molecule has 1 N–H and O–H groups in total.